The molecule has 0 unspecified atom stereocenters. The Morgan fingerprint density at radius 2 is 1.84 bits per heavy atom. The summed E-state index contributed by atoms with van der Waals surface area (Å²) in [7, 11) is 0.0392. The van der Waals surface area contributed by atoms with Crippen molar-refractivity contribution >= 4 is 32.4 Å². The monoisotopic (exact) mass is 359 g/mol. The molecule has 1 N–H and O–H groups in total. The van der Waals surface area contributed by atoms with Crippen molar-refractivity contribution in [1.82, 2.24) is 9.62 Å². The number of carbonyl (C=O) groups is 1. The highest BCUT2D eigenvalue weighted by Gasteiger charge is 2.33. The molecule has 0 spiro atoms. The number of amides is 1. The SMILES string of the molecule is CNC1CCN(S(=O)(=O)c2ccc3c4c(cccc24)C(=O)N3C)CC1. The second-order valence-corrected chi connectivity index (χ2v) is 8.55. The summed E-state index contributed by atoms with van der Waals surface area (Å²) in [6.45, 7) is 1.02. The normalized spacial score (nSPS) is 19.1. The van der Waals surface area contributed by atoms with Crippen LogP contribution in [0.4, 0.5) is 5.69 Å². The molecule has 132 valence electrons. The van der Waals surface area contributed by atoms with Crippen molar-refractivity contribution in [2.45, 2.75) is 23.8 Å². The van der Waals surface area contributed by atoms with E-state index < -0.39 is 10.0 Å². The molecule has 6 nitrogen and oxygen atoms in total. The van der Waals surface area contributed by atoms with Crippen LogP contribution in [0.25, 0.3) is 10.8 Å². The maximum absolute atomic E-state index is 13.2. The van der Waals surface area contributed by atoms with Gasteiger partial charge in [-0.15, -0.1) is 0 Å². The summed E-state index contributed by atoms with van der Waals surface area (Å²) < 4.78 is 28.0. The first-order valence-corrected chi connectivity index (χ1v) is 9.90. The average Bonchev–Trinajstić information content (AvgIpc) is 2.89. The summed E-state index contributed by atoms with van der Waals surface area (Å²) in [6, 6.07) is 9.05. The highest BCUT2D eigenvalue weighted by molar-refractivity contribution is 7.89. The number of nitrogens with one attached hydrogen (secondary N) is 1. The fraction of sp³-hybridized carbons (Fsp3) is 0.389. The third kappa shape index (κ3) is 2.38. The lowest BCUT2D eigenvalue weighted by Crippen LogP contribution is -2.43. The molecule has 1 amide bonds. The van der Waals surface area contributed by atoms with Gasteiger partial charge in [0.1, 0.15) is 0 Å². The standard InChI is InChI=1S/C18H21N3O3S/c1-19-12-8-10-21(11-9-12)25(23,24)16-7-6-15-17-13(16)4-3-5-14(17)18(22)20(15)2/h3-7,12,19H,8-11H2,1-2H3. The first-order chi connectivity index (χ1) is 11.9. The summed E-state index contributed by atoms with van der Waals surface area (Å²) in [6.07, 6.45) is 1.61. The molecule has 0 radical (unpaired) electrons. The summed E-state index contributed by atoms with van der Waals surface area (Å²) >= 11 is 0. The maximum Gasteiger partial charge on any atom is 0.258 e. The molecule has 7 heteroatoms. The molecule has 0 aliphatic carbocycles. The minimum absolute atomic E-state index is 0.0926. The Bertz CT molecular complexity index is 963. The lowest BCUT2D eigenvalue weighted by Gasteiger charge is -2.31. The lowest BCUT2D eigenvalue weighted by molar-refractivity contribution is 0.0999. The summed E-state index contributed by atoms with van der Waals surface area (Å²) in [4.78, 5) is 14.2. The van der Waals surface area contributed by atoms with E-state index in [1.54, 1.807) is 46.6 Å². The predicted octanol–water partition coefficient (Wildman–Crippen LogP) is 1.80. The molecular formula is C18H21N3O3S. The molecule has 0 bridgehead atoms. The second-order valence-electron chi connectivity index (χ2n) is 6.64. The number of hydrogen-bond acceptors (Lipinski definition) is 4. The largest absolute Gasteiger partial charge is 0.317 e. The van der Waals surface area contributed by atoms with Gasteiger partial charge in [0.2, 0.25) is 10.0 Å². The van der Waals surface area contributed by atoms with Crippen LogP contribution in [-0.2, 0) is 10.0 Å². The molecule has 25 heavy (non-hydrogen) atoms. The number of anilines is 1. The first kappa shape index (κ1) is 16.5. The van der Waals surface area contributed by atoms with E-state index in [4.69, 9.17) is 0 Å². The first-order valence-electron chi connectivity index (χ1n) is 8.46. The molecular weight excluding hydrogens is 338 g/mol. The Morgan fingerprint density at radius 1 is 1.12 bits per heavy atom. The molecule has 2 aromatic rings. The molecule has 0 atom stereocenters. The number of carbonyl (C=O) groups excluding carboxylic acids is 1. The zero-order valence-corrected chi connectivity index (χ0v) is 15.1. The van der Waals surface area contributed by atoms with Crippen molar-refractivity contribution < 1.29 is 13.2 Å². The van der Waals surface area contributed by atoms with Gasteiger partial charge in [0.05, 0.1) is 10.6 Å². The Labute approximate surface area is 147 Å². The molecule has 2 aliphatic heterocycles. The number of piperidine rings is 1. The molecule has 2 aliphatic rings. The van der Waals surface area contributed by atoms with Gasteiger partial charge >= 0.3 is 0 Å². The van der Waals surface area contributed by atoms with Crippen molar-refractivity contribution in [2.24, 2.45) is 0 Å². The van der Waals surface area contributed by atoms with Crippen LogP contribution in [0.2, 0.25) is 0 Å². The van der Waals surface area contributed by atoms with Gasteiger partial charge in [-0.3, -0.25) is 4.79 Å². The van der Waals surface area contributed by atoms with Gasteiger partial charge in [-0.05, 0) is 38.1 Å². The van der Waals surface area contributed by atoms with Crippen LogP contribution in [0.3, 0.4) is 0 Å². The summed E-state index contributed by atoms with van der Waals surface area (Å²) in [5, 5.41) is 4.58. The fourth-order valence-electron chi connectivity index (χ4n) is 3.86. The Balaban J connectivity index is 1.82. The van der Waals surface area contributed by atoms with Crippen molar-refractivity contribution in [3.05, 3.63) is 35.9 Å². The molecule has 1 saturated heterocycles. The fourth-order valence-corrected chi connectivity index (χ4v) is 5.52. The van der Waals surface area contributed by atoms with Gasteiger partial charge in [-0.1, -0.05) is 12.1 Å². The summed E-state index contributed by atoms with van der Waals surface area (Å²) in [5.41, 5.74) is 1.34. The van der Waals surface area contributed by atoms with Crippen LogP contribution in [0.15, 0.2) is 35.2 Å². The highest BCUT2D eigenvalue weighted by atomic mass is 32.2. The number of rotatable bonds is 3. The third-order valence-corrected chi connectivity index (χ3v) is 7.31. The molecule has 0 saturated carbocycles. The van der Waals surface area contributed by atoms with Crippen LogP contribution in [0.1, 0.15) is 23.2 Å². The van der Waals surface area contributed by atoms with E-state index in [1.165, 1.54) is 0 Å². The number of benzene rings is 2. The van der Waals surface area contributed by atoms with Crippen LogP contribution in [-0.4, -0.2) is 51.9 Å². The number of hydrogen-bond donors (Lipinski definition) is 1. The minimum Gasteiger partial charge on any atom is -0.317 e. The van der Waals surface area contributed by atoms with Gasteiger partial charge in [0, 0.05) is 42.5 Å². The van der Waals surface area contributed by atoms with E-state index in [1.807, 2.05) is 7.05 Å². The predicted molar refractivity (Wildman–Crippen MR) is 97.5 cm³/mol. The Kier molecular flexibility index (Phi) is 3.82. The van der Waals surface area contributed by atoms with Crippen LogP contribution >= 0.6 is 0 Å². The van der Waals surface area contributed by atoms with Gasteiger partial charge in [0.25, 0.3) is 5.91 Å². The van der Waals surface area contributed by atoms with Crippen LogP contribution < -0.4 is 10.2 Å². The number of nitrogens with zero attached hydrogens (tertiary/aromatic N) is 2. The van der Waals surface area contributed by atoms with E-state index >= 15 is 0 Å². The zero-order valence-electron chi connectivity index (χ0n) is 14.3. The Morgan fingerprint density at radius 3 is 2.52 bits per heavy atom. The van der Waals surface area contributed by atoms with Crippen molar-refractivity contribution in [3.63, 3.8) is 0 Å². The van der Waals surface area contributed by atoms with E-state index in [0.29, 0.717) is 35.0 Å². The molecule has 4 rings (SSSR count). The smallest absolute Gasteiger partial charge is 0.258 e. The van der Waals surface area contributed by atoms with Crippen LogP contribution in [0, 0.1) is 0 Å². The lowest BCUT2D eigenvalue weighted by atomic mass is 10.1. The maximum atomic E-state index is 13.2. The van der Waals surface area contributed by atoms with Crippen LogP contribution in [0.5, 0.6) is 0 Å². The quantitative estimate of drug-likeness (QED) is 0.907. The van der Waals surface area contributed by atoms with E-state index in [2.05, 4.69) is 5.32 Å². The van der Waals surface area contributed by atoms with E-state index in [0.717, 1.165) is 23.9 Å². The van der Waals surface area contributed by atoms with Crippen molar-refractivity contribution in [2.75, 3.05) is 32.1 Å². The Hall–Kier alpha value is -1.96. The van der Waals surface area contributed by atoms with E-state index in [9.17, 15) is 13.2 Å². The third-order valence-electron chi connectivity index (χ3n) is 5.36. The molecule has 0 aromatic heterocycles. The van der Waals surface area contributed by atoms with Gasteiger partial charge in [0.15, 0.2) is 0 Å². The second kappa shape index (κ2) is 5.79. The molecule has 2 heterocycles. The zero-order chi connectivity index (χ0) is 17.8. The molecule has 1 fully saturated rings. The minimum atomic E-state index is -3.59. The highest BCUT2D eigenvalue weighted by Crippen LogP contribution is 2.40. The molecule has 2 aromatic carbocycles. The summed E-state index contributed by atoms with van der Waals surface area (Å²) in [5.74, 6) is -0.0926. The average molecular weight is 359 g/mol. The van der Waals surface area contributed by atoms with E-state index in [-0.39, 0.29) is 5.91 Å². The van der Waals surface area contributed by atoms with Gasteiger partial charge in [-0.25, -0.2) is 8.42 Å². The van der Waals surface area contributed by atoms with Crippen molar-refractivity contribution in [3.8, 4) is 0 Å². The van der Waals surface area contributed by atoms with Gasteiger partial charge < -0.3 is 10.2 Å². The van der Waals surface area contributed by atoms with Gasteiger partial charge in [-0.2, -0.15) is 4.31 Å². The topological polar surface area (TPSA) is 69.7 Å². The number of sulfonamides is 1. The van der Waals surface area contributed by atoms with Crippen molar-refractivity contribution in [1.29, 1.82) is 0 Å².